The van der Waals surface area contributed by atoms with E-state index in [2.05, 4.69) is 46.9 Å². The molecule has 0 aliphatic carbocycles. The summed E-state index contributed by atoms with van der Waals surface area (Å²) >= 11 is 6.32. The minimum atomic E-state index is -0.515. The summed E-state index contributed by atoms with van der Waals surface area (Å²) in [6.07, 6.45) is 3.22. The summed E-state index contributed by atoms with van der Waals surface area (Å²) in [7, 11) is 3.80. The molecule has 44 heavy (non-hydrogen) atoms. The molecule has 3 rings (SSSR count). The van der Waals surface area contributed by atoms with Crippen LogP contribution in [-0.2, 0) is 11.3 Å². The van der Waals surface area contributed by atoms with Crippen LogP contribution in [-0.4, -0.2) is 72.6 Å². The van der Waals surface area contributed by atoms with E-state index in [0.717, 1.165) is 16.7 Å². The topological polar surface area (TPSA) is 120 Å². The van der Waals surface area contributed by atoms with Gasteiger partial charge >= 0.3 is 12.1 Å². The van der Waals surface area contributed by atoms with Crippen molar-refractivity contribution in [2.45, 2.75) is 66.0 Å². The van der Waals surface area contributed by atoms with Crippen LogP contribution in [0.4, 0.5) is 15.5 Å². The summed E-state index contributed by atoms with van der Waals surface area (Å²) in [5.74, 6) is 0.188. The van der Waals surface area contributed by atoms with Crippen LogP contribution in [0.5, 0.6) is 0 Å². The Balaban J connectivity index is 0.000000742. The maximum absolute atomic E-state index is 12.8. The van der Waals surface area contributed by atoms with Crippen LogP contribution in [0.1, 0.15) is 57.6 Å². The first-order valence-electron chi connectivity index (χ1n) is 15.0. The SMILES string of the molecule is CC(=O)CCC(CNC(=O)Nc1cc(-c2ccccc2)no1)N(C)C(=O)NCc1cccc(C)c1Cl.CCCN(C)CCC. The Morgan fingerprint density at radius 1 is 0.977 bits per heavy atom. The number of halogens is 1. The average molecular weight is 627 g/mol. The van der Waals surface area contributed by atoms with E-state index in [1.807, 2.05) is 55.5 Å². The number of urea groups is 2. The van der Waals surface area contributed by atoms with Gasteiger partial charge in [-0.2, -0.15) is 0 Å². The van der Waals surface area contributed by atoms with Crippen molar-refractivity contribution in [3.05, 3.63) is 70.7 Å². The highest BCUT2D eigenvalue weighted by Gasteiger charge is 2.22. The molecule has 0 saturated heterocycles. The summed E-state index contributed by atoms with van der Waals surface area (Å²) < 4.78 is 5.20. The zero-order valence-corrected chi connectivity index (χ0v) is 27.5. The lowest BCUT2D eigenvalue weighted by atomic mass is 10.1. The molecular formula is C33H47ClN6O4. The average Bonchev–Trinajstić information content (AvgIpc) is 3.46. The van der Waals surface area contributed by atoms with E-state index in [0.29, 0.717) is 17.1 Å². The molecule has 0 fully saturated rings. The van der Waals surface area contributed by atoms with Gasteiger partial charge in [-0.25, -0.2) is 9.59 Å². The Morgan fingerprint density at radius 2 is 1.66 bits per heavy atom. The number of nitrogens with zero attached hydrogens (tertiary/aromatic N) is 3. The predicted molar refractivity (Wildman–Crippen MR) is 177 cm³/mol. The number of nitrogens with one attached hydrogen (secondary N) is 3. The third-order valence-corrected chi connectivity index (χ3v) is 7.47. The maximum atomic E-state index is 12.8. The Labute approximate surface area is 266 Å². The van der Waals surface area contributed by atoms with Crippen LogP contribution in [0, 0.1) is 6.92 Å². The zero-order valence-electron chi connectivity index (χ0n) is 26.8. The lowest BCUT2D eigenvalue weighted by Crippen LogP contribution is -2.49. The van der Waals surface area contributed by atoms with E-state index in [9.17, 15) is 14.4 Å². The van der Waals surface area contributed by atoms with Gasteiger partial charge < -0.3 is 29.8 Å². The van der Waals surface area contributed by atoms with Gasteiger partial charge in [0.2, 0.25) is 5.88 Å². The molecule has 0 spiro atoms. The predicted octanol–water partition coefficient (Wildman–Crippen LogP) is 6.74. The number of ketones is 1. The lowest BCUT2D eigenvalue weighted by Gasteiger charge is -2.28. The number of anilines is 1. The minimum Gasteiger partial charge on any atom is -0.338 e. The summed E-state index contributed by atoms with van der Waals surface area (Å²) in [6.45, 7) is 10.7. The number of Topliss-reactive ketones (excluding diaryl/α,β-unsaturated/α-hetero) is 1. The second kappa shape index (κ2) is 19.4. The van der Waals surface area contributed by atoms with Gasteiger partial charge in [0.25, 0.3) is 0 Å². The Morgan fingerprint density at radius 3 is 2.30 bits per heavy atom. The van der Waals surface area contributed by atoms with Gasteiger partial charge in [-0.3, -0.25) is 5.32 Å². The van der Waals surface area contributed by atoms with Crippen molar-refractivity contribution < 1.29 is 18.9 Å². The molecule has 1 heterocycles. The molecule has 1 aromatic heterocycles. The molecule has 0 aliphatic heterocycles. The monoisotopic (exact) mass is 626 g/mol. The van der Waals surface area contributed by atoms with E-state index in [1.165, 1.54) is 37.8 Å². The summed E-state index contributed by atoms with van der Waals surface area (Å²) in [5.41, 5.74) is 3.18. The smallest absolute Gasteiger partial charge is 0.321 e. The second-order valence-corrected chi connectivity index (χ2v) is 11.2. The Kier molecular flexibility index (Phi) is 16.0. The number of benzene rings is 2. The van der Waals surface area contributed by atoms with Gasteiger partial charge in [-0.15, -0.1) is 0 Å². The molecule has 0 saturated carbocycles. The van der Waals surface area contributed by atoms with E-state index < -0.39 is 12.1 Å². The van der Waals surface area contributed by atoms with Crippen LogP contribution in [0.25, 0.3) is 11.3 Å². The number of hydrogen-bond donors (Lipinski definition) is 3. The molecule has 2 aromatic carbocycles. The quantitative estimate of drug-likeness (QED) is 0.182. The van der Waals surface area contributed by atoms with Crippen molar-refractivity contribution in [1.82, 2.24) is 25.6 Å². The van der Waals surface area contributed by atoms with Crippen molar-refractivity contribution in [3.8, 4) is 11.3 Å². The highest BCUT2D eigenvalue weighted by Crippen LogP contribution is 2.21. The number of hydrogen-bond acceptors (Lipinski definition) is 6. The largest absolute Gasteiger partial charge is 0.338 e. The zero-order chi connectivity index (χ0) is 32.5. The van der Waals surface area contributed by atoms with Crippen LogP contribution in [0.15, 0.2) is 59.1 Å². The normalized spacial score (nSPS) is 11.3. The summed E-state index contributed by atoms with van der Waals surface area (Å²) in [5, 5.41) is 12.8. The Hall–Kier alpha value is -3.89. The number of aromatic nitrogens is 1. The molecule has 0 aliphatic rings. The molecule has 3 N–H and O–H groups in total. The van der Waals surface area contributed by atoms with Crippen molar-refractivity contribution >= 4 is 35.3 Å². The van der Waals surface area contributed by atoms with Gasteiger partial charge in [0.05, 0.1) is 6.04 Å². The van der Waals surface area contributed by atoms with Gasteiger partial charge in [-0.05, 0) is 64.4 Å². The van der Waals surface area contributed by atoms with Crippen molar-refractivity contribution in [1.29, 1.82) is 0 Å². The number of rotatable bonds is 14. The molecule has 3 aromatic rings. The highest BCUT2D eigenvalue weighted by molar-refractivity contribution is 6.32. The fourth-order valence-corrected chi connectivity index (χ4v) is 4.62. The van der Waals surface area contributed by atoms with Gasteiger partial charge in [0.15, 0.2) is 0 Å². The van der Waals surface area contributed by atoms with Crippen LogP contribution in [0.3, 0.4) is 0 Å². The first-order chi connectivity index (χ1) is 21.0. The number of carbonyl (C=O) groups excluding carboxylic acids is 3. The number of carbonyl (C=O) groups is 3. The third kappa shape index (κ3) is 12.8. The van der Waals surface area contributed by atoms with E-state index in [4.69, 9.17) is 16.1 Å². The summed E-state index contributed by atoms with van der Waals surface area (Å²) in [4.78, 5) is 40.7. The molecule has 4 amide bonds. The van der Waals surface area contributed by atoms with Gasteiger partial charge in [0, 0.05) is 43.2 Å². The molecule has 11 heteroatoms. The van der Waals surface area contributed by atoms with E-state index in [-0.39, 0.29) is 37.2 Å². The third-order valence-electron chi connectivity index (χ3n) is 6.92. The Bertz CT molecular complexity index is 1310. The lowest BCUT2D eigenvalue weighted by molar-refractivity contribution is -0.117. The molecular weight excluding hydrogens is 580 g/mol. The highest BCUT2D eigenvalue weighted by atomic mass is 35.5. The molecule has 240 valence electrons. The molecule has 10 nitrogen and oxygen atoms in total. The van der Waals surface area contributed by atoms with E-state index in [1.54, 1.807) is 13.1 Å². The molecule has 1 unspecified atom stereocenters. The maximum Gasteiger partial charge on any atom is 0.321 e. The fourth-order valence-electron chi connectivity index (χ4n) is 4.43. The fraction of sp³-hybridized carbons (Fsp3) is 0.455. The van der Waals surface area contributed by atoms with Crippen LogP contribution in [0.2, 0.25) is 5.02 Å². The van der Waals surface area contributed by atoms with Gasteiger partial charge in [-0.1, -0.05) is 79.1 Å². The van der Waals surface area contributed by atoms with Crippen molar-refractivity contribution in [2.75, 3.05) is 39.0 Å². The van der Waals surface area contributed by atoms with Crippen molar-refractivity contribution in [3.63, 3.8) is 0 Å². The van der Waals surface area contributed by atoms with Crippen LogP contribution < -0.4 is 16.0 Å². The summed E-state index contributed by atoms with van der Waals surface area (Å²) in [6, 6.07) is 15.4. The van der Waals surface area contributed by atoms with Crippen LogP contribution >= 0.6 is 11.6 Å². The van der Waals surface area contributed by atoms with E-state index >= 15 is 0 Å². The standard InChI is InChI=1S/C26H30ClN5O4.C7H17N/c1-17-8-7-11-20(24(17)27)15-29-26(35)32(3)21(13-12-18(2)33)16-28-25(34)30-23-14-22(31-36-23)19-9-5-4-6-10-19;1-4-6-8(3)7-5-2/h4-11,14,21H,12-13,15-16H2,1-3H3,(H,29,35)(H2,28,30,34);4-7H2,1-3H3. The number of likely N-dealkylation sites (N-methyl/N-ethyl adjacent to an activating group) is 1. The second-order valence-electron chi connectivity index (χ2n) is 10.8. The molecule has 0 bridgehead atoms. The first kappa shape index (κ1) is 36.3. The van der Waals surface area contributed by atoms with Crippen molar-refractivity contribution in [2.24, 2.45) is 0 Å². The van der Waals surface area contributed by atoms with Gasteiger partial charge in [0.1, 0.15) is 11.5 Å². The molecule has 0 radical (unpaired) electrons. The first-order valence-corrected chi connectivity index (χ1v) is 15.4. The number of amides is 4. The number of aryl methyl sites for hydroxylation is 1. The minimum absolute atomic E-state index is 0.0000893. The molecule has 1 atom stereocenters.